The second-order valence-electron chi connectivity index (χ2n) is 10.6. The van der Waals surface area contributed by atoms with Crippen molar-refractivity contribution in [3.8, 4) is 0 Å². The highest BCUT2D eigenvalue weighted by atomic mass is 32.1. The minimum Gasteiger partial charge on any atom is -0.439 e. The molecule has 0 radical (unpaired) electrons. The van der Waals surface area contributed by atoms with E-state index in [9.17, 15) is 24.3 Å². The summed E-state index contributed by atoms with van der Waals surface area (Å²) >= 11 is 4.19. The second kappa shape index (κ2) is 16.4. The number of aliphatic hydroxyl groups excluding tert-OH is 1. The molecule has 0 aromatic rings. The number of nitrogens with one attached hydrogen (secondary N) is 2. The van der Waals surface area contributed by atoms with Crippen molar-refractivity contribution >= 4 is 36.2 Å². The zero-order chi connectivity index (χ0) is 31.6. The summed E-state index contributed by atoms with van der Waals surface area (Å²) in [7, 11) is 2.92. The molecule has 6 atom stereocenters. The van der Waals surface area contributed by atoms with E-state index in [0.717, 1.165) is 6.08 Å². The normalized spacial score (nSPS) is 31.7. The quantitative estimate of drug-likeness (QED) is 0.173. The number of carbonyl (C=O) groups is 4. The van der Waals surface area contributed by atoms with Crippen LogP contribution in [-0.4, -0.2) is 79.6 Å². The van der Waals surface area contributed by atoms with Crippen molar-refractivity contribution in [2.24, 2.45) is 17.6 Å². The Balaban J connectivity index is 2.61. The molecule has 0 spiro atoms. The molecule has 2 bridgehead atoms. The second-order valence-corrected chi connectivity index (χ2v) is 11.0. The Bertz CT molecular complexity index is 1190. The zero-order valence-corrected chi connectivity index (χ0v) is 25.9. The van der Waals surface area contributed by atoms with E-state index in [-0.39, 0.29) is 34.9 Å². The molecule has 2 aliphatic rings. The van der Waals surface area contributed by atoms with E-state index in [2.05, 4.69) is 23.3 Å². The van der Waals surface area contributed by atoms with Gasteiger partial charge in [0.25, 0.3) is 5.91 Å². The molecule has 2 rings (SSSR count). The number of carbonyl (C=O) groups excluding carboxylic acids is 4. The van der Waals surface area contributed by atoms with E-state index in [1.807, 2.05) is 6.92 Å². The molecular weight excluding hydrogens is 562 g/mol. The SMILES string of the molecule is CO[C@H]1/C=C\C=C(/C)C(=O)NC2=CC(=O)C(NCCS)=C(C[C@@H](C)C[C@H](OC)[C@H](O)[C@@H](C)/C=C(\C)[C@@H]1OC(N)=O)C2=O. The van der Waals surface area contributed by atoms with Gasteiger partial charge in [0.2, 0.25) is 11.6 Å². The number of thiol groups is 1. The van der Waals surface area contributed by atoms with Crippen LogP contribution in [0.3, 0.4) is 0 Å². The van der Waals surface area contributed by atoms with E-state index < -0.39 is 53.9 Å². The Morgan fingerprint density at radius 3 is 2.48 bits per heavy atom. The molecule has 0 aromatic carbocycles. The molecule has 1 aliphatic carbocycles. The van der Waals surface area contributed by atoms with Crippen molar-refractivity contribution in [3.63, 3.8) is 0 Å². The molecule has 12 heteroatoms. The average Bonchev–Trinajstić information content (AvgIpc) is 2.94. The van der Waals surface area contributed by atoms with Crippen LogP contribution >= 0.6 is 12.6 Å². The third-order valence-electron chi connectivity index (χ3n) is 7.21. The molecule has 0 aromatic heterocycles. The van der Waals surface area contributed by atoms with Crippen molar-refractivity contribution in [2.45, 2.75) is 65.0 Å². The van der Waals surface area contributed by atoms with Crippen molar-refractivity contribution < 1.29 is 38.5 Å². The average molecular weight is 606 g/mol. The number of aliphatic hydroxyl groups is 1. The van der Waals surface area contributed by atoms with Gasteiger partial charge in [0, 0.05) is 49.7 Å². The van der Waals surface area contributed by atoms with Crippen LogP contribution in [0.25, 0.3) is 0 Å². The van der Waals surface area contributed by atoms with Crippen LogP contribution in [0.5, 0.6) is 0 Å². The summed E-state index contributed by atoms with van der Waals surface area (Å²) in [5, 5.41) is 16.8. The Kier molecular flexibility index (Phi) is 13.7. The van der Waals surface area contributed by atoms with E-state index in [1.165, 1.54) is 20.3 Å². The topological polar surface area (TPSA) is 166 Å². The van der Waals surface area contributed by atoms with Gasteiger partial charge in [-0.25, -0.2) is 4.79 Å². The van der Waals surface area contributed by atoms with Gasteiger partial charge >= 0.3 is 6.09 Å². The fourth-order valence-electron chi connectivity index (χ4n) is 4.96. The minimum atomic E-state index is -0.999. The lowest BCUT2D eigenvalue weighted by atomic mass is 9.85. The molecule has 0 saturated heterocycles. The number of Topliss-reactive ketones (excluding diaryl/α,β-unsaturated/α-hetero) is 1. The molecule has 0 saturated carbocycles. The molecule has 0 fully saturated rings. The number of rotatable bonds is 6. The standard InChI is InChI=1S/C30H43N3O8S/c1-16-12-20-25(32-10-11-42)22(34)15-21(27(20)36)33-29(37)17(2)8-7-9-23(39-5)28(41-30(31)38)19(4)14-18(3)26(35)24(13-16)40-6/h7-9,14-16,18,23-24,26,28,32,35,42H,10-13H2,1-6H3,(H2,31,38)(H,33,37)/b9-7-,17-8+,19-14+/t16-,18+,23+,24+,26-,28+/m1/s1. The number of hydrogen-bond acceptors (Lipinski definition) is 10. The maximum atomic E-state index is 13.6. The van der Waals surface area contributed by atoms with Gasteiger partial charge in [-0.3, -0.25) is 14.4 Å². The molecule has 2 amide bonds. The maximum Gasteiger partial charge on any atom is 0.405 e. The molecule has 42 heavy (non-hydrogen) atoms. The predicted octanol–water partition coefficient (Wildman–Crippen LogP) is 2.28. The summed E-state index contributed by atoms with van der Waals surface area (Å²) in [4.78, 5) is 51.3. The monoisotopic (exact) mass is 605 g/mol. The Hall–Kier alpha value is -3.19. The number of fused-ring (bicyclic) bond motifs is 2. The van der Waals surface area contributed by atoms with Gasteiger partial charge in [0.1, 0.15) is 6.10 Å². The highest BCUT2D eigenvalue weighted by Crippen LogP contribution is 2.28. The number of nitrogens with two attached hydrogens (primary N) is 1. The zero-order valence-electron chi connectivity index (χ0n) is 25.0. The Morgan fingerprint density at radius 1 is 1.19 bits per heavy atom. The lowest BCUT2D eigenvalue weighted by molar-refractivity contribution is -0.120. The van der Waals surface area contributed by atoms with E-state index in [4.69, 9.17) is 19.9 Å². The van der Waals surface area contributed by atoms with Crippen molar-refractivity contribution in [3.05, 3.63) is 58.5 Å². The first kappa shape index (κ1) is 35.0. The van der Waals surface area contributed by atoms with Crippen LogP contribution in [0.4, 0.5) is 4.79 Å². The number of ketones is 2. The van der Waals surface area contributed by atoms with Gasteiger partial charge in [-0.2, -0.15) is 12.6 Å². The van der Waals surface area contributed by atoms with E-state index in [0.29, 0.717) is 24.3 Å². The largest absolute Gasteiger partial charge is 0.439 e. The molecule has 232 valence electrons. The number of ether oxygens (including phenoxy) is 3. The number of methoxy groups -OCH3 is 2. The van der Waals surface area contributed by atoms with E-state index >= 15 is 0 Å². The molecule has 11 nitrogen and oxygen atoms in total. The number of hydrogen-bond donors (Lipinski definition) is 5. The Morgan fingerprint density at radius 2 is 1.88 bits per heavy atom. The third kappa shape index (κ3) is 9.41. The van der Waals surface area contributed by atoms with Gasteiger partial charge in [0.15, 0.2) is 6.10 Å². The van der Waals surface area contributed by atoms with Crippen molar-refractivity contribution in [1.82, 2.24) is 10.6 Å². The molecular formula is C30H43N3O8S. The first-order valence-electron chi connectivity index (χ1n) is 13.8. The van der Waals surface area contributed by atoms with Crippen LogP contribution in [0.15, 0.2) is 58.5 Å². The van der Waals surface area contributed by atoms with Crippen molar-refractivity contribution in [2.75, 3.05) is 26.5 Å². The molecule has 1 aliphatic heterocycles. The highest BCUT2D eigenvalue weighted by molar-refractivity contribution is 7.80. The van der Waals surface area contributed by atoms with Crippen LogP contribution in [0, 0.1) is 11.8 Å². The first-order chi connectivity index (χ1) is 19.8. The molecule has 5 N–H and O–H groups in total. The van der Waals surface area contributed by atoms with Crippen LogP contribution in [-0.2, 0) is 28.6 Å². The molecule has 1 heterocycles. The fraction of sp³-hybridized carbons (Fsp3) is 0.533. The van der Waals surface area contributed by atoms with Crippen LogP contribution in [0.2, 0.25) is 0 Å². The van der Waals surface area contributed by atoms with Crippen LogP contribution < -0.4 is 16.4 Å². The Labute approximate surface area is 252 Å². The number of primary amides is 1. The van der Waals surface area contributed by atoms with Crippen LogP contribution in [0.1, 0.15) is 40.5 Å². The number of amides is 2. The summed E-state index contributed by atoms with van der Waals surface area (Å²) in [6, 6.07) is 0. The van der Waals surface area contributed by atoms with Gasteiger partial charge in [-0.05, 0) is 38.2 Å². The number of allylic oxidation sites excluding steroid dienone is 4. The van der Waals surface area contributed by atoms with Gasteiger partial charge < -0.3 is 35.7 Å². The molecule has 0 unspecified atom stereocenters. The first-order valence-corrected chi connectivity index (χ1v) is 14.4. The maximum absolute atomic E-state index is 13.6. The van der Waals surface area contributed by atoms with Crippen molar-refractivity contribution in [1.29, 1.82) is 0 Å². The summed E-state index contributed by atoms with van der Waals surface area (Å²) < 4.78 is 16.6. The fourth-order valence-corrected chi connectivity index (χ4v) is 5.07. The lowest BCUT2D eigenvalue weighted by Crippen LogP contribution is -2.38. The smallest absolute Gasteiger partial charge is 0.405 e. The summed E-state index contributed by atoms with van der Waals surface area (Å²) in [6.07, 6.45) is 3.81. The summed E-state index contributed by atoms with van der Waals surface area (Å²) in [6.45, 7) is 7.35. The highest BCUT2D eigenvalue weighted by Gasteiger charge is 2.33. The third-order valence-corrected chi connectivity index (χ3v) is 7.43. The lowest BCUT2D eigenvalue weighted by Gasteiger charge is -2.30. The van der Waals surface area contributed by atoms with Gasteiger partial charge in [-0.15, -0.1) is 0 Å². The minimum absolute atomic E-state index is 0.125. The van der Waals surface area contributed by atoms with E-state index in [1.54, 1.807) is 39.0 Å². The summed E-state index contributed by atoms with van der Waals surface area (Å²) in [5.74, 6) is -1.67. The summed E-state index contributed by atoms with van der Waals surface area (Å²) in [5.41, 5.74) is 6.47. The predicted molar refractivity (Wildman–Crippen MR) is 161 cm³/mol. The van der Waals surface area contributed by atoms with Gasteiger partial charge in [-0.1, -0.05) is 38.2 Å². The van der Waals surface area contributed by atoms with Gasteiger partial charge in [0.05, 0.1) is 23.6 Å².